The molecule has 0 aliphatic carbocycles. The fourth-order valence-electron chi connectivity index (χ4n) is 8.47. The lowest BCUT2D eigenvalue weighted by molar-refractivity contribution is -0.150. The van der Waals surface area contributed by atoms with E-state index in [1.807, 2.05) is 149 Å². The first-order valence-corrected chi connectivity index (χ1v) is 30.2. The van der Waals surface area contributed by atoms with Gasteiger partial charge >= 0.3 is 17.9 Å². The molecule has 8 rings (SSSR count). The topological polar surface area (TPSA) is 260 Å². The van der Waals surface area contributed by atoms with Crippen LogP contribution in [0, 0.1) is 37.0 Å². The van der Waals surface area contributed by atoms with Gasteiger partial charge < -0.3 is 68.6 Å². The molecule has 6 aromatic carbocycles. The molecule has 0 spiro atoms. The number of nitrogens with zero attached hydrogens (tertiary/aromatic N) is 1. The van der Waals surface area contributed by atoms with E-state index < -0.39 is 35.2 Å². The summed E-state index contributed by atoms with van der Waals surface area (Å²) in [6.45, 7) is 15.8. The number of rotatable bonds is 29. The number of ether oxygens (including phenoxy) is 9. The summed E-state index contributed by atoms with van der Waals surface area (Å²) in [6, 6.07) is 47.6. The average Bonchev–Trinajstić information content (AvgIpc) is 2.68. The molecule has 484 valence electrons. The minimum absolute atomic E-state index is 0.0309. The van der Waals surface area contributed by atoms with E-state index in [0.717, 1.165) is 28.7 Å². The molecular formula is C70H86ClN3O16. The SMILES string of the molecule is CC#N.Cc1cc(OCc2ccccc2)c(OCc2ccccc2)cc1C(=O)OC[C@@H](O)CNC(C)(C)CO.Cc1cc(OCc2ccccc2)c(OCc2ccccc2)cc1C(=O)OC[C@@H](O)CNC(C)(C)COC(=O)C1CCOC1.O=C(Cl)C1CCOC1. The van der Waals surface area contributed by atoms with Crippen molar-refractivity contribution in [3.63, 3.8) is 0 Å². The number of carbonyl (C=O) groups excluding carboxylic acids is 4. The Bertz CT molecular complexity index is 3150. The lowest BCUT2D eigenvalue weighted by atomic mass is 10.1. The molecule has 6 aromatic rings. The van der Waals surface area contributed by atoms with E-state index in [0.29, 0.717) is 105 Å². The molecule has 4 atom stereocenters. The van der Waals surface area contributed by atoms with E-state index in [1.54, 1.807) is 44.2 Å². The van der Waals surface area contributed by atoms with E-state index in [2.05, 4.69) is 10.6 Å². The maximum atomic E-state index is 13.1. The Balaban J connectivity index is 0.000000282. The molecule has 2 unspecified atom stereocenters. The van der Waals surface area contributed by atoms with Gasteiger partial charge in [0.05, 0.1) is 48.9 Å². The molecule has 5 N–H and O–H groups in total. The molecule has 2 heterocycles. The third kappa shape index (κ3) is 26.7. The van der Waals surface area contributed by atoms with Gasteiger partial charge in [0, 0.05) is 44.3 Å². The van der Waals surface area contributed by atoms with Crippen molar-refractivity contribution in [1.29, 1.82) is 5.26 Å². The van der Waals surface area contributed by atoms with E-state index in [4.69, 9.17) is 59.5 Å². The average molecular weight is 1260 g/mol. The third-order valence-corrected chi connectivity index (χ3v) is 14.2. The van der Waals surface area contributed by atoms with Crippen molar-refractivity contribution < 1.29 is 77.1 Å². The summed E-state index contributed by atoms with van der Waals surface area (Å²) in [6.07, 6.45) is -0.421. The second-order valence-corrected chi connectivity index (χ2v) is 23.1. The van der Waals surface area contributed by atoms with Crippen molar-refractivity contribution in [1.82, 2.24) is 10.6 Å². The minimum atomic E-state index is -0.968. The van der Waals surface area contributed by atoms with Gasteiger partial charge in [-0.05, 0) is 124 Å². The normalized spacial score (nSPS) is 14.9. The zero-order valence-electron chi connectivity index (χ0n) is 52.5. The van der Waals surface area contributed by atoms with Gasteiger partial charge in [0.15, 0.2) is 23.0 Å². The molecular weight excluding hydrogens is 1170 g/mol. The van der Waals surface area contributed by atoms with Crippen molar-refractivity contribution in [3.8, 4) is 29.1 Å². The molecule has 0 saturated carbocycles. The van der Waals surface area contributed by atoms with Gasteiger partial charge in [-0.2, -0.15) is 5.26 Å². The van der Waals surface area contributed by atoms with Gasteiger partial charge in [0.1, 0.15) is 58.5 Å². The van der Waals surface area contributed by atoms with Gasteiger partial charge in [-0.15, -0.1) is 0 Å². The highest BCUT2D eigenvalue weighted by Gasteiger charge is 2.29. The number of halogens is 1. The number of esters is 3. The first kappa shape index (κ1) is 72.8. The molecule has 20 heteroatoms. The largest absolute Gasteiger partial charge is 0.485 e. The molecule has 90 heavy (non-hydrogen) atoms. The van der Waals surface area contributed by atoms with Crippen LogP contribution < -0.4 is 29.6 Å². The van der Waals surface area contributed by atoms with Crippen LogP contribution in [0.25, 0.3) is 0 Å². The predicted molar refractivity (Wildman–Crippen MR) is 340 cm³/mol. The van der Waals surface area contributed by atoms with Crippen LogP contribution in [0.2, 0.25) is 0 Å². The van der Waals surface area contributed by atoms with Gasteiger partial charge in [0.25, 0.3) is 0 Å². The van der Waals surface area contributed by atoms with Gasteiger partial charge in [-0.3, -0.25) is 9.59 Å². The van der Waals surface area contributed by atoms with Crippen LogP contribution in [-0.4, -0.2) is 128 Å². The van der Waals surface area contributed by atoms with Crippen molar-refractivity contribution in [2.75, 3.05) is 65.9 Å². The minimum Gasteiger partial charge on any atom is -0.485 e. The molecule has 19 nitrogen and oxygen atoms in total. The van der Waals surface area contributed by atoms with E-state index in [-0.39, 0.29) is 62.6 Å². The fourth-order valence-corrected chi connectivity index (χ4v) is 8.64. The van der Waals surface area contributed by atoms with Crippen LogP contribution in [0.5, 0.6) is 23.0 Å². The Morgan fingerprint density at radius 2 is 0.900 bits per heavy atom. The number of nitrogens with one attached hydrogen (secondary N) is 2. The molecule has 2 fully saturated rings. The monoisotopic (exact) mass is 1260 g/mol. The molecule has 0 radical (unpaired) electrons. The second-order valence-electron chi connectivity index (χ2n) is 22.8. The number of carbonyl (C=O) groups is 4. The standard InChI is InChI=1S/C34H41NO8.C29H35NO6.C5H7ClO2.C2H3N/c1-24-16-30(40-19-25-10-6-4-7-11-25)31(41-20-26-12-8-5-9-13-26)17-29(24)33(38)42-22-28(36)18-35-34(2,3)23-43-32(37)27-14-15-39-21-27;1-21-14-26(34-17-22-10-6-4-7-11-22)27(35-18-23-12-8-5-9-13-23)15-25(21)28(33)36-19-24(32)16-30-29(2,3)20-31;6-5(7)4-1-2-8-3-4;1-2-3/h4-13,16-17,27-28,35-36H,14-15,18-23H2,1-3H3;4-15,24,30-32H,16-20H2,1-3H3;4H,1-3H2;1H3/t27?,28-;24-;;/m00../s1. The first-order valence-electron chi connectivity index (χ1n) is 29.8. The zero-order chi connectivity index (χ0) is 65.3. The summed E-state index contributed by atoms with van der Waals surface area (Å²) in [5.41, 5.74) is 4.83. The number of aryl methyl sites for hydroxylation is 2. The van der Waals surface area contributed by atoms with Crippen molar-refractivity contribution in [2.45, 2.75) is 111 Å². The maximum Gasteiger partial charge on any atom is 0.338 e. The van der Waals surface area contributed by atoms with Crippen LogP contribution in [0.3, 0.4) is 0 Å². The third-order valence-electron chi connectivity index (χ3n) is 13.9. The number of nitriles is 1. The van der Waals surface area contributed by atoms with Crippen LogP contribution in [0.4, 0.5) is 0 Å². The Hall–Kier alpha value is -7.90. The number of aliphatic hydroxyl groups excluding tert-OH is 3. The lowest BCUT2D eigenvalue weighted by Gasteiger charge is -2.27. The van der Waals surface area contributed by atoms with Crippen LogP contribution in [0.15, 0.2) is 146 Å². The zero-order valence-corrected chi connectivity index (χ0v) is 53.2. The van der Waals surface area contributed by atoms with Gasteiger partial charge in [-0.25, -0.2) is 9.59 Å². The van der Waals surface area contributed by atoms with E-state index in [9.17, 15) is 34.5 Å². The highest BCUT2D eigenvalue weighted by Crippen LogP contribution is 2.35. The van der Waals surface area contributed by atoms with Crippen molar-refractivity contribution in [2.24, 2.45) is 11.8 Å². The number of hydrogen-bond acceptors (Lipinski definition) is 19. The quantitative estimate of drug-likeness (QED) is 0.0166. The van der Waals surface area contributed by atoms with Gasteiger partial charge in [-0.1, -0.05) is 121 Å². The number of hydrogen-bond donors (Lipinski definition) is 5. The highest BCUT2D eigenvalue weighted by molar-refractivity contribution is 6.64. The molecule has 0 bridgehead atoms. The Morgan fingerprint density at radius 3 is 1.21 bits per heavy atom. The molecule has 2 saturated heterocycles. The number of aliphatic hydroxyl groups is 3. The summed E-state index contributed by atoms with van der Waals surface area (Å²) in [5, 5.41) is 43.3. The molecule has 2 aliphatic heterocycles. The Labute approximate surface area is 533 Å². The first-order chi connectivity index (χ1) is 43.2. The maximum absolute atomic E-state index is 13.1. The van der Waals surface area contributed by atoms with Crippen LogP contribution in [-0.2, 0) is 59.7 Å². The van der Waals surface area contributed by atoms with E-state index in [1.165, 1.54) is 6.92 Å². The Kier molecular flexibility index (Phi) is 31.2. The number of benzene rings is 6. The smallest absolute Gasteiger partial charge is 0.338 e. The second kappa shape index (κ2) is 38.6. The number of β-amino-alcohol motifs (C(OH)–C–C–N with tert-alkyl or cyclic N) is 2. The van der Waals surface area contributed by atoms with E-state index >= 15 is 0 Å². The van der Waals surface area contributed by atoms with Crippen LogP contribution in [0.1, 0.15) is 102 Å². The highest BCUT2D eigenvalue weighted by atomic mass is 35.5. The molecule has 2 aliphatic rings. The Morgan fingerprint density at radius 1 is 0.567 bits per heavy atom. The summed E-state index contributed by atoms with van der Waals surface area (Å²) in [5.74, 6) is 0.213. The summed E-state index contributed by atoms with van der Waals surface area (Å²) in [4.78, 5) is 48.4. The predicted octanol–water partition coefficient (Wildman–Crippen LogP) is 9.97. The summed E-state index contributed by atoms with van der Waals surface area (Å²) < 4.78 is 50.7. The van der Waals surface area contributed by atoms with Gasteiger partial charge in [0.2, 0.25) is 5.24 Å². The molecule has 0 aromatic heterocycles. The lowest BCUT2D eigenvalue weighted by Crippen LogP contribution is -2.48. The van der Waals surface area contributed by atoms with Crippen LogP contribution >= 0.6 is 11.6 Å². The summed E-state index contributed by atoms with van der Waals surface area (Å²) in [7, 11) is 0. The fraction of sp³-hybridized carbons (Fsp3) is 0.414. The van der Waals surface area contributed by atoms with Crippen molar-refractivity contribution >= 4 is 34.8 Å². The van der Waals surface area contributed by atoms with Crippen molar-refractivity contribution in [3.05, 3.63) is 190 Å². The molecule has 0 amide bonds. The summed E-state index contributed by atoms with van der Waals surface area (Å²) >= 11 is 5.17.